The van der Waals surface area contributed by atoms with Gasteiger partial charge >= 0.3 is 0 Å². The van der Waals surface area contributed by atoms with Crippen molar-refractivity contribution in [1.82, 2.24) is 6.15 Å². The van der Waals surface area contributed by atoms with Gasteiger partial charge in [0.1, 0.15) is 0 Å². The molecule has 5 N–H and O–H groups in total. The molecule has 60 valence electrons. The van der Waals surface area contributed by atoms with Crippen LogP contribution < -0.4 is 11.9 Å². The van der Waals surface area contributed by atoms with Crippen LogP contribution >= 0.6 is 0 Å². The molecule has 1 atom stereocenters. The molecule has 0 amide bonds. The summed E-state index contributed by atoms with van der Waals surface area (Å²) in [6, 6.07) is 8.74. The normalized spacial score (nSPS) is 20.6. The van der Waals surface area contributed by atoms with E-state index in [-0.39, 0.29) is 6.15 Å². The molecule has 0 saturated carbocycles. The lowest BCUT2D eigenvalue weighted by atomic mass is 10.1. The summed E-state index contributed by atoms with van der Waals surface area (Å²) >= 11 is 0. The second-order valence-corrected chi connectivity index (χ2v) is 2.84. The fourth-order valence-electron chi connectivity index (χ4n) is 1.59. The summed E-state index contributed by atoms with van der Waals surface area (Å²) in [6.07, 6.45) is 2.29. The van der Waals surface area contributed by atoms with Crippen molar-refractivity contribution in [1.29, 1.82) is 0 Å². The summed E-state index contributed by atoms with van der Waals surface area (Å²) in [5.74, 6) is 0. The number of rotatable bonds is 0. The summed E-state index contributed by atoms with van der Waals surface area (Å²) in [5, 5.41) is 0. The molecule has 0 bridgehead atoms. The fourth-order valence-corrected chi connectivity index (χ4v) is 1.59. The molecule has 1 aliphatic rings. The van der Waals surface area contributed by atoms with Crippen molar-refractivity contribution in [2.75, 3.05) is 0 Å². The lowest BCUT2D eigenvalue weighted by molar-refractivity contribution is 0.713. The number of nitrogens with two attached hydrogens (primary N) is 1. The first-order chi connectivity index (χ1) is 4.88. The van der Waals surface area contributed by atoms with Crippen molar-refractivity contribution >= 4 is 0 Å². The van der Waals surface area contributed by atoms with Crippen LogP contribution in [0, 0.1) is 0 Å². The maximum absolute atomic E-state index is 5.85. The smallest absolute Gasteiger partial charge is 0.0300 e. The molecule has 1 aromatic carbocycles. The van der Waals surface area contributed by atoms with E-state index in [9.17, 15) is 0 Å². The Kier molecular flexibility index (Phi) is 2.27. The van der Waals surface area contributed by atoms with Crippen molar-refractivity contribution in [2.45, 2.75) is 18.9 Å². The van der Waals surface area contributed by atoms with E-state index in [1.165, 1.54) is 11.1 Å². The molecule has 0 saturated heterocycles. The SMILES string of the molecule is N.NC1CCc2ccccc21. The minimum Gasteiger partial charge on any atom is -0.344 e. The summed E-state index contributed by atoms with van der Waals surface area (Å²) in [4.78, 5) is 0. The van der Waals surface area contributed by atoms with Gasteiger partial charge in [-0.3, -0.25) is 0 Å². The molecule has 11 heavy (non-hydrogen) atoms. The van der Waals surface area contributed by atoms with Crippen molar-refractivity contribution in [3.8, 4) is 0 Å². The highest BCUT2D eigenvalue weighted by molar-refractivity contribution is 5.33. The van der Waals surface area contributed by atoms with Gasteiger partial charge in [-0.25, -0.2) is 0 Å². The van der Waals surface area contributed by atoms with Gasteiger partial charge in [0.2, 0.25) is 0 Å². The first kappa shape index (κ1) is 8.24. The van der Waals surface area contributed by atoms with Crippen LogP contribution in [0.1, 0.15) is 23.6 Å². The van der Waals surface area contributed by atoms with Crippen LogP contribution in [0.2, 0.25) is 0 Å². The Morgan fingerprint density at radius 3 is 2.73 bits per heavy atom. The van der Waals surface area contributed by atoms with Gasteiger partial charge in [0, 0.05) is 6.04 Å². The van der Waals surface area contributed by atoms with E-state index in [4.69, 9.17) is 5.73 Å². The van der Waals surface area contributed by atoms with E-state index < -0.39 is 0 Å². The third kappa shape index (κ3) is 1.27. The highest BCUT2D eigenvalue weighted by atomic mass is 14.6. The van der Waals surface area contributed by atoms with Crippen LogP contribution in [0.5, 0.6) is 0 Å². The van der Waals surface area contributed by atoms with E-state index >= 15 is 0 Å². The first-order valence-corrected chi connectivity index (χ1v) is 3.71. The second-order valence-electron chi connectivity index (χ2n) is 2.84. The fraction of sp³-hybridized carbons (Fsp3) is 0.333. The average Bonchev–Trinajstić information content (AvgIpc) is 2.34. The Labute approximate surface area is 67.0 Å². The third-order valence-electron chi connectivity index (χ3n) is 2.18. The van der Waals surface area contributed by atoms with Crippen LogP contribution in [0.3, 0.4) is 0 Å². The van der Waals surface area contributed by atoms with Gasteiger partial charge in [-0.2, -0.15) is 0 Å². The lowest BCUT2D eigenvalue weighted by Gasteiger charge is -2.01. The molecule has 2 heteroatoms. The topological polar surface area (TPSA) is 61.0 Å². The van der Waals surface area contributed by atoms with Gasteiger partial charge in [0.05, 0.1) is 0 Å². The molecular weight excluding hydrogens is 136 g/mol. The molecule has 2 rings (SSSR count). The Balaban J connectivity index is 0.000000605. The van der Waals surface area contributed by atoms with Crippen molar-refractivity contribution in [2.24, 2.45) is 5.73 Å². The van der Waals surface area contributed by atoms with Crippen molar-refractivity contribution in [3.63, 3.8) is 0 Å². The van der Waals surface area contributed by atoms with Crippen molar-refractivity contribution in [3.05, 3.63) is 35.4 Å². The minimum absolute atomic E-state index is 0. The maximum atomic E-state index is 5.85. The number of hydrogen-bond acceptors (Lipinski definition) is 2. The Morgan fingerprint density at radius 2 is 2.00 bits per heavy atom. The first-order valence-electron chi connectivity index (χ1n) is 3.71. The van der Waals surface area contributed by atoms with Gasteiger partial charge < -0.3 is 11.9 Å². The van der Waals surface area contributed by atoms with Crippen molar-refractivity contribution < 1.29 is 0 Å². The Bertz CT molecular complexity index is 245. The zero-order valence-electron chi connectivity index (χ0n) is 6.59. The summed E-state index contributed by atoms with van der Waals surface area (Å²) in [7, 11) is 0. The molecule has 0 aromatic heterocycles. The molecule has 0 spiro atoms. The minimum atomic E-state index is 0. The van der Waals surface area contributed by atoms with Crippen LogP contribution in [0.25, 0.3) is 0 Å². The zero-order valence-corrected chi connectivity index (χ0v) is 6.59. The van der Waals surface area contributed by atoms with E-state index in [0.717, 1.165) is 12.8 Å². The van der Waals surface area contributed by atoms with Crippen LogP contribution in [-0.4, -0.2) is 0 Å². The Hall–Kier alpha value is -0.860. The highest BCUT2D eigenvalue weighted by Gasteiger charge is 2.16. The van der Waals surface area contributed by atoms with E-state index in [1.54, 1.807) is 0 Å². The molecule has 0 radical (unpaired) electrons. The van der Waals surface area contributed by atoms with E-state index in [1.807, 2.05) is 0 Å². The molecule has 0 heterocycles. The summed E-state index contributed by atoms with van der Waals surface area (Å²) in [5.41, 5.74) is 8.64. The van der Waals surface area contributed by atoms with E-state index in [2.05, 4.69) is 24.3 Å². The third-order valence-corrected chi connectivity index (χ3v) is 2.18. The summed E-state index contributed by atoms with van der Waals surface area (Å²) in [6.45, 7) is 0. The van der Waals surface area contributed by atoms with Gasteiger partial charge in [-0.1, -0.05) is 24.3 Å². The number of fused-ring (bicyclic) bond motifs is 1. The van der Waals surface area contributed by atoms with Gasteiger partial charge in [-0.15, -0.1) is 0 Å². The maximum Gasteiger partial charge on any atom is 0.0300 e. The molecule has 0 aliphatic heterocycles. The molecule has 1 aliphatic carbocycles. The molecule has 1 unspecified atom stereocenters. The monoisotopic (exact) mass is 150 g/mol. The highest BCUT2D eigenvalue weighted by Crippen LogP contribution is 2.28. The average molecular weight is 150 g/mol. The van der Waals surface area contributed by atoms with Crippen LogP contribution in [0.4, 0.5) is 0 Å². The zero-order chi connectivity index (χ0) is 6.97. The van der Waals surface area contributed by atoms with E-state index in [0.29, 0.717) is 6.04 Å². The largest absolute Gasteiger partial charge is 0.344 e. The number of benzene rings is 1. The van der Waals surface area contributed by atoms with Gasteiger partial charge in [0.25, 0.3) is 0 Å². The second kappa shape index (κ2) is 3.03. The molecule has 1 aromatic rings. The lowest BCUT2D eigenvalue weighted by Crippen LogP contribution is -2.04. The number of hydrogen-bond donors (Lipinski definition) is 2. The van der Waals surface area contributed by atoms with Crippen LogP contribution in [0.15, 0.2) is 24.3 Å². The Morgan fingerprint density at radius 1 is 1.27 bits per heavy atom. The van der Waals surface area contributed by atoms with Gasteiger partial charge in [0.15, 0.2) is 0 Å². The quantitative estimate of drug-likeness (QED) is 0.592. The predicted molar refractivity (Wildman–Crippen MR) is 46.7 cm³/mol. The molecule has 0 fully saturated rings. The molecular formula is C9H14N2. The van der Waals surface area contributed by atoms with Gasteiger partial charge in [-0.05, 0) is 24.0 Å². The number of aryl methyl sites for hydroxylation is 1. The standard InChI is InChI=1S/C9H11N.H3N/c10-9-6-5-7-3-1-2-4-8(7)9;/h1-4,9H,5-6,10H2;1H3. The van der Waals surface area contributed by atoms with Crippen LogP contribution in [-0.2, 0) is 6.42 Å². The summed E-state index contributed by atoms with van der Waals surface area (Å²) < 4.78 is 0. The molecule has 2 nitrogen and oxygen atoms in total. The predicted octanol–water partition coefficient (Wildman–Crippen LogP) is 1.79.